The smallest absolute Gasteiger partial charge is 0.286 e. The van der Waals surface area contributed by atoms with Gasteiger partial charge in [0.05, 0.1) is 24.5 Å². The zero-order valence-corrected chi connectivity index (χ0v) is 17.7. The number of carbonyl (C=O) groups is 1. The van der Waals surface area contributed by atoms with E-state index in [4.69, 9.17) is 11.6 Å². The summed E-state index contributed by atoms with van der Waals surface area (Å²) < 4.78 is 0. The minimum atomic E-state index is 0.147. The molecular formula is C22H28ClN2OS+. The molecule has 0 bridgehead atoms. The second-order valence-electron chi connectivity index (χ2n) is 7.04. The minimum Gasteiger partial charge on any atom is -0.327 e. The molecular weight excluding hydrogens is 376 g/mol. The summed E-state index contributed by atoms with van der Waals surface area (Å²) in [4.78, 5) is 18.9. The first-order chi connectivity index (χ1) is 13.1. The van der Waals surface area contributed by atoms with Gasteiger partial charge < -0.3 is 4.90 Å². The van der Waals surface area contributed by atoms with Crippen LogP contribution in [0.15, 0.2) is 52.3 Å². The van der Waals surface area contributed by atoms with Crippen LogP contribution in [0.25, 0.3) is 0 Å². The summed E-state index contributed by atoms with van der Waals surface area (Å²) >= 11 is 7.96. The van der Waals surface area contributed by atoms with E-state index >= 15 is 0 Å². The van der Waals surface area contributed by atoms with Gasteiger partial charge >= 0.3 is 0 Å². The van der Waals surface area contributed by atoms with E-state index in [0.717, 1.165) is 59.9 Å². The number of fused-ring (bicyclic) bond motifs is 2. The zero-order valence-electron chi connectivity index (χ0n) is 16.1. The predicted molar refractivity (Wildman–Crippen MR) is 115 cm³/mol. The van der Waals surface area contributed by atoms with E-state index in [1.165, 1.54) is 4.90 Å². The molecule has 2 aromatic rings. The fourth-order valence-corrected chi connectivity index (χ4v) is 4.65. The normalized spacial score (nSPS) is 12.8. The van der Waals surface area contributed by atoms with Crippen molar-refractivity contribution in [3.63, 3.8) is 0 Å². The number of nitrogens with one attached hydrogen (secondary N) is 1. The fraction of sp³-hybridized carbons (Fsp3) is 0.409. The molecule has 144 valence electrons. The molecule has 0 fully saturated rings. The molecule has 0 radical (unpaired) electrons. The molecule has 1 aliphatic heterocycles. The van der Waals surface area contributed by atoms with Gasteiger partial charge in [-0.15, -0.1) is 0 Å². The van der Waals surface area contributed by atoms with Crippen LogP contribution in [-0.4, -0.2) is 25.5 Å². The molecule has 3 rings (SSSR count). The third-order valence-electron chi connectivity index (χ3n) is 4.91. The van der Waals surface area contributed by atoms with Crippen molar-refractivity contribution in [1.29, 1.82) is 0 Å². The summed E-state index contributed by atoms with van der Waals surface area (Å²) in [7, 11) is 0. The van der Waals surface area contributed by atoms with Gasteiger partial charge in [0.1, 0.15) is 0 Å². The monoisotopic (exact) mass is 403 g/mol. The molecule has 2 aromatic carbocycles. The van der Waals surface area contributed by atoms with Gasteiger partial charge in [-0.1, -0.05) is 62.2 Å². The van der Waals surface area contributed by atoms with Crippen molar-refractivity contribution in [2.75, 3.05) is 24.5 Å². The summed E-state index contributed by atoms with van der Waals surface area (Å²) in [5.74, 6) is 0.147. The molecule has 1 heterocycles. The minimum absolute atomic E-state index is 0.147. The molecule has 0 atom stereocenters. The topological polar surface area (TPSA) is 24.8 Å². The number of carbonyl (C=O) groups excluding carboxylic acids is 1. The number of halogens is 1. The predicted octanol–water partition coefficient (Wildman–Crippen LogP) is 4.95. The number of amides is 1. The number of nitrogens with zero attached hydrogens (tertiary/aromatic N) is 1. The molecule has 3 nitrogen and oxygen atoms in total. The van der Waals surface area contributed by atoms with Crippen LogP contribution in [0, 0.1) is 0 Å². The van der Waals surface area contributed by atoms with Gasteiger partial charge in [0.15, 0.2) is 6.54 Å². The van der Waals surface area contributed by atoms with Crippen molar-refractivity contribution in [1.82, 2.24) is 0 Å². The van der Waals surface area contributed by atoms with Crippen LogP contribution in [0.4, 0.5) is 11.4 Å². The Morgan fingerprint density at radius 3 is 2.37 bits per heavy atom. The summed E-state index contributed by atoms with van der Waals surface area (Å²) in [5, 5.41) is 0.660. The summed E-state index contributed by atoms with van der Waals surface area (Å²) in [6, 6.07) is 13.9. The number of hydrogen-bond donors (Lipinski definition) is 1. The molecule has 1 aliphatic rings. The molecule has 27 heavy (non-hydrogen) atoms. The van der Waals surface area contributed by atoms with E-state index in [0.29, 0.717) is 11.6 Å². The van der Waals surface area contributed by atoms with Crippen LogP contribution in [0.2, 0.25) is 5.02 Å². The Morgan fingerprint density at radius 1 is 1.00 bits per heavy atom. The molecule has 0 unspecified atom stereocenters. The lowest BCUT2D eigenvalue weighted by Gasteiger charge is -2.32. The Balaban J connectivity index is 1.89. The first-order valence-corrected chi connectivity index (χ1v) is 11.1. The second-order valence-corrected chi connectivity index (χ2v) is 8.57. The Morgan fingerprint density at radius 2 is 1.67 bits per heavy atom. The summed E-state index contributed by atoms with van der Waals surface area (Å²) in [6.45, 7) is 7.03. The van der Waals surface area contributed by atoms with Crippen LogP contribution >= 0.6 is 23.4 Å². The van der Waals surface area contributed by atoms with E-state index in [9.17, 15) is 4.79 Å². The lowest BCUT2D eigenvalue weighted by molar-refractivity contribution is -0.892. The molecule has 0 aliphatic carbocycles. The summed E-state index contributed by atoms with van der Waals surface area (Å²) in [5.41, 5.74) is 1.87. The quantitative estimate of drug-likeness (QED) is 0.674. The number of benzene rings is 2. The maximum absolute atomic E-state index is 13.4. The second kappa shape index (κ2) is 9.63. The Hall–Kier alpha value is -1.49. The highest BCUT2D eigenvalue weighted by Crippen LogP contribution is 2.48. The first kappa shape index (κ1) is 20.2. The maximum atomic E-state index is 13.4. The van der Waals surface area contributed by atoms with E-state index in [1.54, 1.807) is 11.8 Å². The number of quaternary nitrogens is 1. The van der Waals surface area contributed by atoms with Crippen molar-refractivity contribution in [3.05, 3.63) is 47.5 Å². The Bertz CT molecular complexity index is 788. The van der Waals surface area contributed by atoms with Gasteiger partial charge in [-0.25, -0.2) is 0 Å². The van der Waals surface area contributed by atoms with E-state index in [1.807, 2.05) is 41.3 Å². The average Bonchev–Trinajstić information content (AvgIpc) is 2.68. The number of para-hydroxylation sites is 1. The lowest BCUT2D eigenvalue weighted by atomic mass is 10.2. The van der Waals surface area contributed by atoms with Crippen molar-refractivity contribution in [2.24, 2.45) is 0 Å². The lowest BCUT2D eigenvalue weighted by Crippen LogP contribution is -3.13. The fourth-order valence-electron chi connectivity index (χ4n) is 3.44. The van der Waals surface area contributed by atoms with Crippen LogP contribution in [0.5, 0.6) is 0 Å². The van der Waals surface area contributed by atoms with E-state index in [-0.39, 0.29) is 5.91 Å². The Kier molecular flexibility index (Phi) is 7.22. The third kappa shape index (κ3) is 4.87. The number of hydrogen-bond acceptors (Lipinski definition) is 2. The van der Waals surface area contributed by atoms with Crippen LogP contribution in [0.3, 0.4) is 0 Å². The van der Waals surface area contributed by atoms with Gasteiger partial charge in [-0.2, -0.15) is 0 Å². The van der Waals surface area contributed by atoms with Crippen LogP contribution < -0.4 is 9.80 Å². The molecule has 0 aromatic heterocycles. The highest BCUT2D eigenvalue weighted by atomic mass is 35.5. The summed E-state index contributed by atoms with van der Waals surface area (Å²) in [6.07, 6.45) is 4.62. The molecule has 1 N–H and O–H groups in total. The van der Waals surface area contributed by atoms with E-state index in [2.05, 4.69) is 19.9 Å². The van der Waals surface area contributed by atoms with Gasteiger partial charge in [0.2, 0.25) is 0 Å². The molecule has 0 saturated carbocycles. The average molecular weight is 404 g/mol. The Labute approximate surface area is 171 Å². The molecule has 0 saturated heterocycles. The zero-order chi connectivity index (χ0) is 19.2. The number of unbranched alkanes of at least 4 members (excludes halogenated alkanes) is 2. The van der Waals surface area contributed by atoms with Gasteiger partial charge in [0, 0.05) is 14.8 Å². The number of anilines is 2. The number of rotatable bonds is 8. The van der Waals surface area contributed by atoms with Crippen LogP contribution in [0.1, 0.15) is 39.5 Å². The van der Waals surface area contributed by atoms with Crippen molar-refractivity contribution >= 4 is 40.6 Å². The maximum Gasteiger partial charge on any atom is 0.286 e. The largest absolute Gasteiger partial charge is 0.327 e. The van der Waals surface area contributed by atoms with Crippen molar-refractivity contribution in [3.8, 4) is 0 Å². The molecule has 5 heteroatoms. The highest BCUT2D eigenvalue weighted by molar-refractivity contribution is 7.99. The van der Waals surface area contributed by atoms with Crippen molar-refractivity contribution in [2.45, 2.75) is 49.3 Å². The molecule has 1 amide bonds. The SMILES string of the molecule is CCCC[NH+](CCCC)CC(=O)N1c2ccccc2Sc2ccc(Cl)cc21. The van der Waals surface area contributed by atoms with Gasteiger partial charge in [-0.05, 0) is 43.2 Å². The van der Waals surface area contributed by atoms with Gasteiger partial charge in [0.25, 0.3) is 5.91 Å². The molecule has 0 spiro atoms. The van der Waals surface area contributed by atoms with Gasteiger partial charge in [-0.3, -0.25) is 9.69 Å². The first-order valence-electron chi connectivity index (χ1n) is 9.87. The highest BCUT2D eigenvalue weighted by Gasteiger charge is 2.30. The van der Waals surface area contributed by atoms with Crippen molar-refractivity contribution < 1.29 is 9.69 Å². The van der Waals surface area contributed by atoms with Crippen LogP contribution in [-0.2, 0) is 4.79 Å². The third-order valence-corrected chi connectivity index (χ3v) is 6.27. The standard InChI is InChI=1S/C22H27ClN2OS/c1-3-5-13-24(14-6-4-2)16-22(26)25-18-9-7-8-10-20(18)27-21-12-11-17(23)15-19(21)25/h7-12,15H,3-6,13-14,16H2,1-2H3/p+1. The van der Waals surface area contributed by atoms with E-state index < -0.39 is 0 Å².